The Morgan fingerprint density at radius 3 is 2.94 bits per heavy atom. The predicted molar refractivity (Wildman–Crippen MR) is 65.2 cm³/mol. The van der Waals surface area contributed by atoms with Crippen LogP contribution in [-0.4, -0.2) is 34.0 Å². The lowest BCUT2D eigenvalue weighted by Gasteiger charge is -2.21. The molecule has 4 heteroatoms. The molecule has 2 rings (SSSR count). The van der Waals surface area contributed by atoms with E-state index in [1.165, 1.54) is 0 Å². The maximum absolute atomic E-state index is 10.5. The zero-order valence-electron chi connectivity index (χ0n) is 9.41. The molecular formula is C13H14N2O2. The van der Waals surface area contributed by atoms with Crippen molar-refractivity contribution in [1.82, 2.24) is 9.88 Å². The van der Waals surface area contributed by atoms with Crippen molar-refractivity contribution in [2.24, 2.45) is 0 Å². The van der Waals surface area contributed by atoms with E-state index in [1.54, 1.807) is 6.20 Å². The van der Waals surface area contributed by atoms with Crippen LogP contribution < -0.4 is 0 Å². The van der Waals surface area contributed by atoms with Crippen LogP contribution in [0.15, 0.2) is 42.7 Å². The van der Waals surface area contributed by atoms with Crippen molar-refractivity contribution in [3.8, 4) is 0 Å². The second kappa shape index (κ2) is 5.30. The summed E-state index contributed by atoms with van der Waals surface area (Å²) in [6.07, 6.45) is 7.88. The molecule has 1 aliphatic heterocycles. The number of rotatable bonds is 4. The molecule has 0 saturated carbocycles. The number of aromatic nitrogens is 1. The van der Waals surface area contributed by atoms with Crippen molar-refractivity contribution in [3.05, 3.63) is 48.4 Å². The van der Waals surface area contributed by atoms with E-state index in [1.807, 2.05) is 35.4 Å². The summed E-state index contributed by atoms with van der Waals surface area (Å²) < 4.78 is 0. The third-order valence-electron chi connectivity index (χ3n) is 2.58. The third kappa shape index (κ3) is 3.17. The fourth-order valence-corrected chi connectivity index (χ4v) is 1.66. The second-order valence-corrected chi connectivity index (χ2v) is 3.83. The molecule has 88 valence electrons. The van der Waals surface area contributed by atoms with Crippen LogP contribution in [0.2, 0.25) is 0 Å². The van der Waals surface area contributed by atoms with Crippen molar-refractivity contribution in [1.29, 1.82) is 0 Å². The molecule has 0 bridgehead atoms. The van der Waals surface area contributed by atoms with Gasteiger partial charge in [0.25, 0.3) is 0 Å². The zero-order valence-corrected chi connectivity index (χ0v) is 9.41. The smallest absolute Gasteiger partial charge is 0.305 e. The maximum atomic E-state index is 10.5. The van der Waals surface area contributed by atoms with Gasteiger partial charge in [-0.2, -0.15) is 0 Å². The van der Waals surface area contributed by atoms with Crippen molar-refractivity contribution in [2.45, 2.75) is 6.42 Å². The molecule has 0 atom stereocenters. The predicted octanol–water partition coefficient (Wildman–Crippen LogP) is 1.77. The van der Waals surface area contributed by atoms with Gasteiger partial charge < -0.3 is 10.0 Å². The van der Waals surface area contributed by atoms with E-state index in [0.29, 0.717) is 6.54 Å². The van der Waals surface area contributed by atoms with E-state index in [-0.39, 0.29) is 6.42 Å². The summed E-state index contributed by atoms with van der Waals surface area (Å²) in [5.41, 5.74) is 2.03. The highest BCUT2D eigenvalue weighted by Gasteiger charge is 2.08. The van der Waals surface area contributed by atoms with Gasteiger partial charge in [-0.1, -0.05) is 12.1 Å². The molecule has 1 N–H and O–H groups in total. The first-order chi connectivity index (χ1) is 8.25. The van der Waals surface area contributed by atoms with E-state index >= 15 is 0 Å². The molecular weight excluding hydrogens is 216 g/mol. The number of aliphatic carboxylic acids is 1. The topological polar surface area (TPSA) is 53.4 Å². The summed E-state index contributed by atoms with van der Waals surface area (Å²) >= 11 is 0. The second-order valence-electron chi connectivity index (χ2n) is 3.83. The summed E-state index contributed by atoms with van der Waals surface area (Å²) in [6, 6.07) is 5.80. The highest BCUT2D eigenvalue weighted by Crippen LogP contribution is 2.17. The third-order valence-corrected chi connectivity index (χ3v) is 2.58. The quantitative estimate of drug-likeness (QED) is 0.856. The van der Waals surface area contributed by atoms with Crippen LogP contribution in [-0.2, 0) is 4.79 Å². The highest BCUT2D eigenvalue weighted by molar-refractivity contribution is 5.72. The number of hydrogen-bond donors (Lipinski definition) is 1. The Morgan fingerprint density at radius 2 is 2.35 bits per heavy atom. The Bertz CT molecular complexity index is 452. The normalized spacial score (nSPS) is 14.6. The molecule has 0 radical (unpaired) electrons. The number of carboxylic acids is 1. The lowest BCUT2D eigenvalue weighted by molar-refractivity contribution is -0.137. The van der Waals surface area contributed by atoms with Crippen molar-refractivity contribution in [2.75, 3.05) is 13.1 Å². The van der Waals surface area contributed by atoms with Gasteiger partial charge in [-0.15, -0.1) is 0 Å². The molecule has 17 heavy (non-hydrogen) atoms. The number of pyridine rings is 1. The summed E-state index contributed by atoms with van der Waals surface area (Å²) in [4.78, 5) is 16.7. The Morgan fingerprint density at radius 1 is 1.47 bits per heavy atom. The summed E-state index contributed by atoms with van der Waals surface area (Å²) in [5.74, 6) is -0.766. The number of carbonyl (C=O) groups is 1. The SMILES string of the molecule is O=C(O)CCN1C=CC(c2ccccn2)=CC1. The van der Waals surface area contributed by atoms with Crippen LogP contribution in [0.5, 0.6) is 0 Å². The molecule has 2 heterocycles. The van der Waals surface area contributed by atoms with E-state index in [0.717, 1.165) is 17.8 Å². The van der Waals surface area contributed by atoms with Gasteiger partial charge in [-0.3, -0.25) is 9.78 Å². The molecule has 0 aromatic carbocycles. The van der Waals surface area contributed by atoms with E-state index in [9.17, 15) is 4.79 Å². The van der Waals surface area contributed by atoms with Crippen LogP contribution in [0.3, 0.4) is 0 Å². The van der Waals surface area contributed by atoms with E-state index < -0.39 is 5.97 Å². The van der Waals surface area contributed by atoms with E-state index in [2.05, 4.69) is 11.1 Å². The van der Waals surface area contributed by atoms with E-state index in [4.69, 9.17) is 5.11 Å². The zero-order chi connectivity index (χ0) is 12.1. The van der Waals surface area contributed by atoms with Crippen LogP contribution in [0.4, 0.5) is 0 Å². The number of allylic oxidation sites excluding steroid dienone is 2. The Labute approximate surface area is 99.9 Å². The van der Waals surface area contributed by atoms with Crippen LogP contribution in [0, 0.1) is 0 Å². The maximum Gasteiger partial charge on any atom is 0.305 e. The molecule has 0 unspecified atom stereocenters. The lowest BCUT2D eigenvalue weighted by atomic mass is 10.1. The van der Waals surface area contributed by atoms with Gasteiger partial charge in [0.1, 0.15) is 0 Å². The summed E-state index contributed by atoms with van der Waals surface area (Å²) in [6.45, 7) is 1.27. The molecule has 0 fully saturated rings. The first-order valence-corrected chi connectivity index (χ1v) is 5.51. The molecule has 1 aromatic heterocycles. The standard InChI is InChI=1S/C13H14N2O2/c16-13(17)6-10-15-8-4-11(5-9-15)12-3-1-2-7-14-12/h1-5,7-8H,6,9-10H2,(H,16,17). The van der Waals surface area contributed by atoms with Crippen LogP contribution >= 0.6 is 0 Å². The number of hydrogen-bond acceptors (Lipinski definition) is 3. The van der Waals surface area contributed by atoms with Crippen molar-refractivity contribution < 1.29 is 9.90 Å². The van der Waals surface area contributed by atoms with Crippen molar-refractivity contribution >= 4 is 11.5 Å². The Balaban J connectivity index is 1.95. The first kappa shape index (κ1) is 11.4. The molecule has 0 saturated heterocycles. The fourth-order valence-electron chi connectivity index (χ4n) is 1.66. The Kier molecular flexibility index (Phi) is 3.55. The minimum Gasteiger partial charge on any atom is -0.481 e. The minimum atomic E-state index is -0.766. The van der Waals surface area contributed by atoms with Crippen LogP contribution in [0.1, 0.15) is 12.1 Å². The van der Waals surface area contributed by atoms with Gasteiger partial charge in [0.15, 0.2) is 0 Å². The first-order valence-electron chi connectivity index (χ1n) is 5.51. The van der Waals surface area contributed by atoms with Gasteiger partial charge in [-0.05, 0) is 23.8 Å². The number of nitrogens with zero attached hydrogens (tertiary/aromatic N) is 2. The molecule has 1 aromatic rings. The molecule has 0 spiro atoms. The van der Waals surface area contributed by atoms with Gasteiger partial charge in [0.05, 0.1) is 12.1 Å². The molecule has 4 nitrogen and oxygen atoms in total. The lowest BCUT2D eigenvalue weighted by Crippen LogP contribution is -2.22. The van der Waals surface area contributed by atoms with Gasteiger partial charge in [0.2, 0.25) is 0 Å². The highest BCUT2D eigenvalue weighted by atomic mass is 16.4. The van der Waals surface area contributed by atoms with Gasteiger partial charge >= 0.3 is 5.97 Å². The fraction of sp³-hybridized carbons (Fsp3) is 0.231. The summed E-state index contributed by atoms with van der Waals surface area (Å²) in [5, 5.41) is 8.60. The average molecular weight is 230 g/mol. The molecule has 0 aliphatic carbocycles. The Hall–Kier alpha value is -2.10. The average Bonchev–Trinajstić information content (AvgIpc) is 2.38. The van der Waals surface area contributed by atoms with Gasteiger partial charge in [-0.25, -0.2) is 0 Å². The molecule has 1 aliphatic rings. The molecule has 0 amide bonds. The monoisotopic (exact) mass is 230 g/mol. The van der Waals surface area contributed by atoms with Crippen molar-refractivity contribution in [3.63, 3.8) is 0 Å². The summed E-state index contributed by atoms with van der Waals surface area (Å²) in [7, 11) is 0. The largest absolute Gasteiger partial charge is 0.481 e. The number of carboxylic acid groups (broad SMARTS) is 1. The van der Waals surface area contributed by atoms with Gasteiger partial charge in [0, 0.05) is 25.5 Å². The minimum absolute atomic E-state index is 0.164. The van der Waals surface area contributed by atoms with Crippen LogP contribution in [0.25, 0.3) is 5.57 Å².